The smallest absolute Gasteiger partial charge is 0.315 e. The molecule has 21 heavy (non-hydrogen) atoms. The van der Waals surface area contributed by atoms with Gasteiger partial charge in [-0.15, -0.1) is 0 Å². The Labute approximate surface area is 125 Å². The molecular formula is C14H25N3O4. The molecule has 0 saturated carbocycles. The molecule has 0 bridgehead atoms. The minimum atomic E-state index is -0.929. The minimum Gasteiger partial charge on any atom is -0.481 e. The summed E-state index contributed by atoms with van der Waals surface area (Å²) in [6.07, 6.45) is 1.09. The molecule has 3 N–H and O–H groups in total. The molecule has 0 aromatic carbocycles. The molecule has 3 unspecified atom stereocenters. The first kappa shape index (κ1) is 16.0. The summed E-state index contributed by atoms with van der Waals surface area (Å²) in [5.74, 6) is -1.12. The van der Waals surface area contributed by atoms with Crippen LogP contribution < -0.4 is 10.6 Å². The van der Waals surface area contributed by atoms with Crippen LogP contribution in [0.25, 0.3) is 0 Å². The number of carbonyl (C=O) groups excluding carboxylic acids is 1. The Morgan fingerprint density at radius 3 is 2.76 bits per heavy atom. The lowest BCUT2D eigenvalue weighted by Crippen LogP contribution is -2.48. The third-order valence-corrected chi connectivity index (χ3v) is 4.31. The molecule has 2 heterocycles. The molecular weight excluding hydrogens is 274 g/mol. The van der Waals surface area contributed by atoms with Gasteiger partial charge in [0, 0.05) is 19.1 Å². The van der Waals surface area contributed by atoms with Gasteiger partial charge in [-0.05, 0) is 32.7 Å². The summed E-state index contributed by atoms with van der Waals surface area (Å²) in [6.45, 7) is 7.47. The molecule has 2 fully saturated rings. The van der Waals surface area contributed by atoms with Crippen molar-refractivity contribution in [3.8, 4) is 0 Å². The van der Waals surface area contributed by atoms with Gasteiger partial charge in [-0.2, -0.15) is 0 Å². The molecule has 7 nitrogen and oxygen atoms in total. The van der Waals surface area contributed by atoms with Crippen LogP contribution in [0.1, 0.15) is 20.3 Å². The molecule has 2 aliphatic rings. The fourth-order valence-electron chi connectivity index (χ4n) is 2.89. The highest BCUT2D eigenvalue weighted by Crippen LogP contribution is 2.17. The summed E-state index contributed by atoms with van der Waals surface area (Å²) in [6, 6.07) is -0.214. The van der Waals surface area contributed by atoms with Crippen molar-refractivity contribution in [1.29, 1.82) is 0 Å². The lowest BCUT2D eigenvalue weighted by atomic mass is 10.0. The second-order valence-corrected chi connectivity index (χ2v) is 6.19. The number of hydrogen-bond acceptors (Lipinski definition) is 4. The number of rotatable bonds is 5. The zero-order valence-corrected chi connectivity index (χ0v) is 12.7. The molecule has 0 spiro atoms. The van der Waals surface area contributed by atoms with Crippen LogP contribution in [0.15, 0.2) is 0 Å². The van der Waals surface area contributed by atoms with E-state index in [1.54, 1.807) is 0 Å². The molecule has 2 saturated heterocycles. The number of aliphatic carboxylic acids is 1. The van der Waals surface area contributed by atoms with Gasteiger partial charge in [-0.25, -0.2) is 4.79 Å². The largest absolute Gasteiger partial charge is 0.481 e. The summed E-state index contributed by atoms with van der Waals surface area (Å²) in [7, 11) is 0. The van der Waals surface area contributed by atoms with Crippen molar-refractivity contribution >= 4 is 12.0 Å². The Hall–Kier alpha value is -1.34. The fourth-order valence-corrected chi connectivity index (χ4v) is 2.89. The van der Waals surface area contributed by atoms with Crippen molar-refractivity contribution in [1.82, 2.24) is 15.5 Å². The molecule has 2 amide bonds. The van der Waals surface area contributed by atoms with Crippen LogP contribution in [0.2, 0.25) is 0 Å². The number of ether oxygens (including phenoxy) is 1. The molecule has 7 heteroatoms. The topological polar surface area (TPSA) is 90.9 Å². The lowest BCUT2D eigenvalue weighted by molar-refractivity contribution is -0.142. The highest BCUT2D eigenvalue weighted by molar-refractivity contribution is 5.77. The normalized spacial score (nSPS) is 29.8. The quantitative estimate of drug-likeness (QED) is 0.670. The molecule has 0 aromatic heterocycles. The van der Waals surface area contributed by atoms with Crippen LogP contribution in [0, 0.1) is 11.8 Å². The maximum atomic E-state index is 11.9. The van der Waals surface area contributed by atoms with E-state index in [2.05, 4.69) is 29.4 Å². The number of hydrogen-bond donors (Lipinski definition) is 3. The Bertz CT molecular complexity index is 388. The van der Waals surface area contributed by atoms with Crippen LogP contribution in [0.5, 0.6) is 0 Å². The first-order valence-corrected chi connectivity index (χ1v) is 7.56. The van der Waals surface area contributed by atoms with E-state index in [0.29, 0.717) is 18.5 Å². The molecule has 0 radical (unpaired) electrons. The second-order valence-electron chi connectivity index (χ2n) is 6.19. The van der Waals surface area contributed by atoms with E-state index >= 15 is 0 Å². The summed E-state index contributed by atoms with van der Waals surface area (Å²) in [4.78, 5) is 25.3. The van der Waals surface area contributed by atoms with Crippen molar-refractivity contribution in [2.45, 2.75) is 32.4 Å². The number of carboxylic acid groups (broad SMARTS) is 1. The van der Waals surface area contributed by atoms with Crippen molar-refractivity contribution in [3.63, 3.8) is 0 Å². The zero-order chi connectivity index (χ0) is 15.4. The van der Waals surface area contributed by atoms with E-state index in [1.165, 1.54) is 0 Å². The Morgan fingerprint density at radius 2 is 2.14 bits per heavy atom. The van der Waals surface area contributed by atoms with Crippen molar-refractivity contribution in [3.05, 3.63) is 0 Å². The van der Waals surface area contributed by atoms with Gasteiger partial charge in [0.25, 0.3) is 0 Å². The number of carbonyl (C=O) groups is 2. The second kappa shape index (κ2) is 7.09. The number of urea groups is 1. The van der Waals surface area contributed by atoms with E-state index < -0.39 is 17.9 Å². The van der Waals surface area contributed by atoms with E-state index in [9.17, 15) is 9.59 Å². The van der Waals surface area contributed by atoms with Gasteiger partial charge in [0.05, 0.1) is 19.3 Å². The SMILES string of the molecule is CC(C)N1CCC(CNC(=O)NC2COCC2C(=O)O)C1. The van der Waals surface area contributed by atoms with E-state index in [4.69, 9.17) is 9.84 Å². The van der Waals surface area contributed by atoms with E-state index in [-0.39, 0.29) is 19.2 Å². The number of nitrogens with one attached hydrogen (secondary N) is 2. The maximum Gasteiger partial charge on any atom is 0.315 e. The van der Waals surface area contributed by atoms with Gasteiger partial charge < -0.3 is 25.4 Å². The third-order valence-electron chi connectivity index (χ3n) is 4.31. The van der Waals surface area contributed by atoms with E-state index in [1.807, 2.05) is 0 Å². The summed E-state index contributed by atoms with van der Waals surface area (Å²) < 4.78 is 5.12. The maximum absolute atomic E-state index is 11.9. The lowest BCUT2D eigenvalue weighted by Gasteiger charge is -2.20. The number of carboxylic acids is 1. The fraction of sp³-hybridized carbons (Fsp3) is 0.857. The third kappa shape index (κ3) is 4.31. The highest BCUT2D eigenvalue weighted by Gasteiger charge is 2.35. The Morgan fingerprint density at radius 1 is 1.38 bits per heavy atom. The highest BCUT2D eigenvalue weighted by atomic mass is 16.5. The van der Waals surface area contributed by atoms with Crippen LogP contribution in [-0.2, 0) is 9.53 Å². The molecule has 0 aromatic rings. The summed E-state index contributed by atoms with van der Waals surface area (Å²) >= 11 is 0. The number of amides is 2. The van der Waals surface area contributed by atoms with Crippen LogP contribution in [0.3, 0.4) is 0 Å². The number of nitrogens with zero attached hydrogens (tertiary/aromatic N) is 1. The van der Waals surface area contributed by atoms with Gasteiger partial charge in [-0.1, -0.05) is 0 Å². The molecule has 2 aliphatic heterocycles. The van der Waals surface area contributed by atoms with Gasteiger partial charge in [0.15, 0.2) is 0 Å². The van der Waals surface area contributed by atoms with Crippen LogP contribution in [-0.4, -0.2) is 66.9 Å². The first-order valence-electron chi connectivity index (χ1n) is 7.56. The molecule has 2 rings (SSSR count). The van der Waals surface area contributed by atoms with Crippen LogP contribution in [0.4, 0.5) is 4.79 Å². The minimum absolute atomic E-state index is 0.159. The van der Waals surface area contributed by atoms with E-state index in [0.717, 1.165) is 19.5 Å². The van der Waals surface area contributed by atoms with Gasteiger partial charge in [0.1, 0.15) is 5.92 Å². The standard InChI is InChI=1S/C14H25N3O4/c1-9(2)17-4-3-10(6-17)5-15-14(20)16-12-8-21-7-11(12)13(18)19/h9-12H,3-8H2,1-2H3,(H,18,19)(H2,15,16,20). The number of likely N-dealkylation sites (tertiary alicyclic amines) is 1. The average Bonchev–Trinajstić information content (AvgIpc) is 3.04. The molecule has 3 atom stereocenters. The van der Waals surface area contributed by atoms with Crippen LogP contribution >= 0.6 is 0 Å². The Balaban J connectivity index is 1.69. The van der Waals surface area contributed by atoms with Crippen molar-refractivity contribution < 1.29 is 19.4 Å². The first-order chi connectivity index (χ1) is 9.97. The van der Waals surface area contributed by atoms with Crippen molar-refractivity contribution in [2.24, 2.45) is 11.8 Å². The molecule has 0 aliphatic carbocycles. The van der Waals surface area contributed by atoms with Crippen molar-refractivity contribution in [2.75, 3.05) is 32.8 Å². The van der Waals surface area contributed by atoms with Gasteiger partial charge in [0.2, 0.25) is 0 Å². The average molecular weight is 299 g/mol. The predicted octanol–water partition coefficient (Wildman–Crippen LogP) is 0.116. The predicted molar refractivity (Wildman–Crippen MR) is 77.1 cm³/mol. The summed E-state index contributed by atoms with van der Waals surface area (Å²) in [5, 5.41) is 14.6. The summed E-state index contributed by atoms with van der Waals surface area (Å²) in [5.41, 5.74) is 0. The zero-order valence-electron chi connectivity index (χ0n) is 12.7. The van der Waals surface area contributed by atoms with Gasteiger partial charge >= 0.3 is 12.0 Å². The van der Waals surface area contributed by atoms with Gasteiger partial charge in [-0.3, -0.25) is 4.79 Å². The monoisotopic (exact) mass is 299 g/mol. The molecule has 120 valence electrons. The Kier molecular flexibility index (Phi) is 5.41.